The molecule has 22 heavy (non-hydrogen) atoms. The van der Waals surface area contributed by atoms with Gasteiger partial charge < -0.3 is 19.4 Å². The number of ether oxygens (including phenoxy) is 2. The number of amides is 1. The Morgan fingerprint density at radius 2 is 2.27 bits per heavy atom. The minimum atomic E-state index is -0.215. The Kier molecular flexibility index (Phi) is 4.01. The third-order valence-corrected chi connectivity index (χ3v) is 3.73. The molecule has 2 aromatic heterocycles. The molecule has 0 radical (unpaired) electrons. The van der Waals surface area contributed by atoms with E-state index >= 15 is 0 Å². The summed E-state index contributed by atoms with van der Waals surface area (Å²) in [4.78, 5) is 29.9. The quantitative estimate of drug-likeness (QED) is 0.898. The Morgan fingerprint density at radius 1 is 1.41 bits per heavy atom. The number of hydrogen-bond donors (Lipinski definition) is 1. The van der Waals surface area contributed by atoms with Crippen LogP contribution in [0, 0.1) is 0 Å². The summed E-state index contributed by atoms with van der Waals surface area (Å²) in [5, 5.41) is 0. The first-order chi connectivity index (χ1) is 10.7. The van der Waals surface area contributed by atoms with Crippen molar-refractivity contribution in [1.29, 1.82) is 0 Å². The van der Waals surface area contributed by atoms with Crippen molar-refractivity contribution in [2.45, 2.75) is 18.6 Å². The average Bonchev–Trinajstić information content (AvgIpc) is 3.23. The lowest BCUT2D eigenvalue weighted by Gasteiger charge is -2.22. The summed E-state index contributed by atoms with van der Waals surface area (Å²) in [7, 11) is 3.13. The molecule has 1 fully saturated rings. The molecule has 1 amide bonds. The topological polar surface area (TPSA) is 93.2 Å². The molecule has 1 saturated heterocycles. The number of carbonyl (C=O) groups is 1. The minimum Gasteiger partial charge on any atom is -0.480 e. The molecule has 116 valence electrons. The number of likely N-dealkylation sites (tertiary alicyclic amines) is 1. The van der Waals surface area contributed by atoms with Gasteiger partial charge in [0.15, 0.2) is 5.69 Å². The van der Waals surface area contributed by atoms with Crippen molar-refractivity contribution < 1.29 is 14.3 Å². The molecule has 0 aliphatic carbocycles. The predicted molar refractivity (Wildman–Crippen MR) is 76.4 cm³/mol. The van der Waals surface area contributed by atoms with Gasteiger partial charge in [0.1, 0.15) is 5.82 Å². The highest BCUT2D eigenvalue weighted by atomic mass is 16.5. The minimum absolute atomic E-state index is 0.0300. The molecule has 0 saturated carbocycles. The molecular weight excluding hydrogens is 286 g/mol. The highest BCUT2D eigenvalue weighted by Crippen LogP contribution is 2.32. The van der Waals surface area contributed by atoms with Crippen LogP contribution in [0.4, 0.5) is 0 Å². The van der Waals surface area contributed by atoms with E-state index in [1.54, 1.807) is 24.4 Å². The molecule has 0 aromatic carbocycles. The second-order valence-corrected chi connectivity index (χ2v) is 4.99. The zero-order chi connectivity index (χ0) is 15.5. The molecule has 3 rings (SSSR count). The number of nitrogens with zero attached hydrogens (tertiary/aromatic N) is 4. The molecule has 8 nitrogen and oxygen atoms in total. The zero-order valence-electron chi connectivity index (χ0n) is 12.4. The first-order valence-corrected chi connectivity index (χ1v) is 6.92. The van der Waals surface area contributed by atoms with Crippen LogP contribution in [0.3, 0.4) is 0 Å². The van der Waals surface area contributed by atoms with Crippen molar-refractivity contribution in [2.24, 2.45) is 0 Å². The number of hydrogen-bond acceptors (Lipinski definition) is 6. The van der Waals surface area contributed by atoms with Gasteiger partial charge in [-0.25, -0.2) is 9.97 Å². The summed E-state index contributed by atoms with van der Waals surface area (Å²) in [5.41, 5.74) is 0.243. The summed E-state index contributed by atoms with van der Waals surface area (Å²) in [6.07, 6.45) is 6.96. The van der Waals surface area contributed by atoms with Gasteiger partial charge in [-0.1, -0.05) is 0 Å². The lowest BCUT2D eigenvalue weighted by atomic mass is 10.2. The molecule has 1 unspecified atom stereocenters. The molecule has 2 aromatic rings. The number of nitrogens with one attached hydrogen (secondary N) is 1. The third-order valence-electron chi connectivity index (χ3n) is 3.73. The summed E-state index contributed by atoms with van der Waals surface area (Å²) >= 11 is 0. The second-order valence-electron chi connectivity index (χ2n) is 4.99. The van der Waals surface area contributed by atoms with Gasteiger partial charge >= 0.3 is 0 Å². The maximum absolute atomic E-state index is 12.8. The van der Waals surface area contributed by atoms with E-state index in [-0.39, 0.29) is 23.7 Å². The van der Waals surface area contributed by atoms with Gasteiger partial charge in [-0.3, -0.25) is 9.78 Å². The smallest absolute Gasteiger partial charge is 0.274 e. The monoisotopic (exact) mass is 303 g/mol. The van der Waals surface area contributed by atoms with Crippen molar-refractivity contribution in [3.63, 3.8) is 0 Å². The van der Waals surface area contributed by atoms with Gasteiger partial charge in [0.25, 0.3) is 5.91 Å². The van der Waals surface area contributed by atoms with E-state index in [4.69, 9.17) is 9.47 Å². The standard InChI is InChI=1S/C14H17N5O3/c1-21-9-5-11(13-16-3-4-17-13)19(8-9)14(20)10-6-15-7-12(18-10)22-2/h3-4,6-7,9,11H,5,8H2,1-2H3,(H,16,17)/t9-,11?/m1/s1. The number of methoxy groups -OCH3 is 2. The Balaban J connectivity index is 1.88. The maximum Gasteiger partial charge on any atom is 0.274 e. The summed E-state index contributed by atoms with van der Waals surface area (Å²) in [5.74, 6) is 0.832. The van der Waals surface area contributed by atoms with Crippen molar-refractivity contribution in [3.05, 3.63) is 36.3 Å². The predicted octanol–water partition coefficient (Wildman–Crippen LogP) is 0.810. The number of carbonyl (C=O) groups excluding carboxylic acids is 1. The van der Waals surface area contributed by atoms with E-state index in [0.29, 0.717) is 18.8 Å². The van der Waals surface area contributed by atoms with E-state index < -0.39 is 0 Å². The number of rotatable bonds is 4. The van der Waals surface area contributed by atoms with Crippen molar-refractivity contribution in [3.8, 4) is 5.88 Å². The average molecular weight is 303 g/mol. The second kappa shape index (κ2) is 6.10. The van der Waals surface area contributed by atoms with Crippen molar-refractivity contribution >= 4 is 5.91 Å². The molecular formula is C14H17N5O3. The first-order valence-electron chi connectivity index (χ1n) is 6.92. The van der Waals surface area contributed by atoms with Gasteiger partial charge in [-0.15, -0.1) is 0 Å². The fourth-order valence-electron chi connectivity index (χ4n) is 2.61. The Morgan fingerprint density at radius 3 is 2.95 bits per heavy atom. The molecule has 2 atom stereocenters. The van der Waals surface area contributed by atoms with Crippen LogP contribution in [0.25, 0.3) is 0 Å². The third kappa shape index (κ3) is 2.64. The lowest BCUT2D eigenvalue weighted by molar-refractivity contribution is 0.0677. The summed E-state index contributed by atoms with van der Waals surface area (Å²) in [6.45, 7) is 0.486. The number of H-pyrrole nitrogens is 1. The van der Waals surface area contributed by atoms with E-state index in [2.05, 4.69) is 19.9 Å². The Hall–Kier alpha value is -2.48. The highest BCUT2D eigenvalue weighted by molar-refractivity contribution is 5.92. The van der Waals surface area contributed by atoms with E-state index in [1.165, 1.54) is 19.5 Å². The van der Waals surface area contributed by atoms with Gasteiger partial charge in [0, 0.05) is 32.5 Å². The normalized spacial score (nSPS) is 21.1. The van der Waals surface area contributed by atoms with Crippen LogP contribution in [0.5, 0.6) is 5.88 Å². The van der Waals surface area contributed by atoms with Crippen molar-refractivity contribution in [2.75, 3.05) is 20.8 Å². The van der Waals surface area contributed by atoms with Crippen LogP contribution in [-0.4, -0.2) is 57.6 Å². The summed E-state index contributed by atoms with van der Waals surface area (Å²) in [6, 6.07) is -0.166. The summed E-state index contributed by atoms with van der Waals surface area (Å²) < 4.78 is 10.4. The molecule has 1 aliphatic rings. The van der Waals surface area contributed by atoms with E-state index in [0.717, 1.165) is 5.82 Å². The van der Waals surface area contributed by atoms with Crippen LogP contribution in [0.15, 0.2) is 24.8 Å². The van der Waals surface area contributed by atoms with Gasteiger partial charge in [0.2, 0.25) is 5.88 Å². The molecule has 1 N–H and O–H groups in total. The fraction of sp³-hybridized carbons (Fsp3) is 0.429. The molecule has 0 spiro atoms. The fourth-order valence-corrected chi connectivity index (χ4v) is 2.61. The maximum atomic E-state index is 12.8. The number of aromatic nitrogens is 4. The van der Waals surface area contributed by atoms with Crippen LogP contribution >= 0.6 is 0 Å². The van der Waals surface area contributed by atoms with Crippen LogP contribution in [0.2, 0.25) is 0 Å². The van der Waals surface area contributed by atoms with Gasteiger partial charge in [-0.2, -0.15) is 0 Å². The van der Waals surface area contributed by atoms with Gasteiger partial charge in [0.05, 0.1) is 31.6 Å². The zero-order valence-corrected chi connectivity index (χ0v) is 12.4. The highest BCUT2D eigenvalue weighted by Gasteiger charge is 2.38. The Bertz CT molecular complexity index is 646. The first kappa shape index (κ1) is 14.5. The van der Waals surface area contributed by atoms with E-state index in [9.17, 15) is 4.79 Å². The number of imidazole rings is 1. The number of aromatic amines is 1. The molecule has 1 aliphatic heterocycles. The van der Waals surface area contributed by atoms with Crippen LogP contribution in [-0.2, 0) is 4.74 Å². The lowest BCUT2D eigenvalue weighted by Crippen LogP contribution is -2.33. The van der Waals surface area contributed by atoms with Crippen LogP contribution in [0.1, 0.15) is 28.8 Å². The van der Waals surface area contributed by atoms with Crippen LogP contribution < -0.4 is 4.74 Å². The van der Waals surface area contributed by atoms with Gasteiger partial charge in [-0.05, 0) is 0 Å². The van der Waals surface area contributed by atoms with Crippen molar-refractivity contribution in [1.82, 2.24) is 24.8 Å². The largest absolute Gasteiger partial charge is 0.480 e. The Labute approximate surface area is 127 Å². The molecule has 3 heterocycles. The SMILES string of the molecule is COc1cncc(C(=O)N2C[C@H](OC)CC2c2ncc[nH]2)n1. The van der Waals surface area contributed by atoms with E-state index in [1.807, 2.05) is 0 Å². The molecule has 0 bridgehead atoms. The molecule has 8 heteroatoms.